The molecule has 0 radical (unpaired) electrons. The van der Waals surface area contributed by atoms with E-state index >= 15 is 0 Å². The lowest BCUT2D eigenvalue weighted by Gasteiger charge is -2.15. The molecule has 0 heterocycles. The van der Waals surface area contributed by atoms with Crippen molar-refractivity contribution in [2.45, 2.75) is 26.7 Å². The highest BCUT2D eigenvalue weighted by Gasteiger charge is 2.09. The topological polar surface area (TPSA) is 0 Å². The molecule has 0 aliphatic carbocycles. The fraction of sp³-hybridized carbons (Fsp3) is 0.286. The van der Waals surface area contributed by atoms with Crippen molar-refractivity contribution in [1.29, 1.82) is 0 Å². The van der Waals surface area contributed by atoms with Crippen molar-refractivity contribution in [3.8, 4) is 0 Å². The van der Waals surface area contributed by atoms with Gasteiger partial charge in [-0.2, -0.15) is 0 Å². The highest BCUT2D eigenvalue weighted by Crippen LogP contribution is 2.28. The van der Waals surface area contributed by atoms with Crippen molar-refractivity contribution in [3.05, 3.63) is 48.0 Å². The van der Waals surface area contributed by atoms with Crippen LogP contribution in [0.2, 0.25) is 0 Å². The fourth-order valence-corrected chi connectivity index (χ4v) is 1.73. The minimum Gasteiger partial charge on any atom is -0.0984 e. The smallest absolute Gasteiger partial charge is 0.0126 e. The van der Waals surface area contributed by atoms with Gasteiger partial charge >= 0.3 is 0 Å². The maximum Gasteiger partial charge on any atom is -0.0126 e. The second-order valence-corrected chi connectivity index (χ2v) is 3.95. The molecule has 0 aromatic heterocycles. The average molecular weight is 186 g/mol. The number of rotatable bonds is 3. The highest BCUT2D eigenvalue weighted by atomic mass is 14.1. The molecular weight excluding hydrogens is 168 g/mol. The van der Waals surface area contributed by atoms with Crippen molar-refractivity contribution >= 4 is 11.6 Å². The van der Waals surface area contributed by atoms with Crippen LogP contribution in [0.1, 0.15) is 43.4 Å². The van der Waals surface area contributed by atoms with Gasteiger partial charge in [0.05, 0.1) is 0 Å². The lowest BCUT2D eigenvalue weighted by molar-refractivity contribution is 0.862. The number of hydrogen-bond acceptors (Lipinski definition) is 0. The van der Waals surface area contributed by atoms with Gasteiger partial charge in [-0.15, -0.1) is 0 Å². The third-order valence-corrected chi connectivity index (χ3v) is 2.40. The second kappa shape index (κ2) is 4.28. The van der Waals surface area contributed by atoms with Crippen LogP contribution in [0.25, 0.3) is 11.6 Å². The SMILES string of the molecule is C=Cc1cccc(C(C)C)c1C(=C)C. The van der Waals surface area contributed by atoms with E-state index in [4.69, 9.17) is 0 Å². The first-order valence-corrected chi connectivity index (χ1v) is 4.99. The van der Waals surface area contributed by atoms with Gasteiger partial charge < -0.3 is 0 Å². The Hall–Kier alpha value is -1.30. The molecule has 0 unspecified atom stereocenters. The van der Waals surface area contributed by atoms with Gasteiger partial charge in [-0.25, -0.2) is 0 Å². The number of hydrogen-bond donors (Lipinski definition) is 0. The summed E-state index contributed by atoms with van der Waals surface area (Å²) in [6.07, 6.45) is 1.90. The van der Waals surface area contributed by atoms with Crippen LogP contribution >= 0.6 is 0 Å². The molecule has 0 amide bonds. The molecule has 0 N–H and O–H groups in total. The Morgan fingerprint density at radius 2 is 2.00 bits per heavy atom. The Morgan fingerprint density at radius 1 is 1.36 bits per heavy atom. The summed E-state index contributed by atoms with van der Waals surface area (Å²) in [5.74, 6) is 0.529. The molecule has 0 bridgehead atoms. The monoisotopic (exact) mass is 186 g/mol. The molecule has 0 saturated carbocycles. The number of allylic oxidation sites excluding steroid dienone is 1. The predicted molar refractivity (Wildman–Crippen MR) is 65.3 cm³/mol. The summed E-state index contributed by atoms with van der Waals surface area (Å²) in [6, 6.07) is 6.34. The normalized spacial score (nSPS) is 10.3. The van der Waals surface area contributed by atoms with E-state index in [1.807, 2.05) is 13.0 Å². The largest absolute Gasteiger partial charge is 0.0984 e. The Labute approximate surface area is 87.0 Å². The van der Waals surface area contributed by atoms with Crippen LogP contribution < -0.4 is 0 Å². The van der Waals surface area contributed by atoms with E-state index in [1.54, 1.807) is 0 Å². The number of benzene rings is 1. The quantitative estimate of drug-likeness (QED) is 0.652. The Balaban J connectivity index is 3.43. The molecule has 0 aliphatic heterocycles. The summed E-state index contributed by atoms with van der Waals surface area (Å²) in [4.78, 5) is 0. The van der Waals surface area contributed by atoms with Crippen LogP contribution in [0.5, 0.6) is 0 Å². The summed E-state index contributed by atoms with van der Waals surface area (Å²) >= 11 is 0. The zero-order valence-corrected chi connectivity index (χ0v) is 9.30. The summed E-state index contributed by atoms with van der Waals surface area (Å²) in [7, 11) is 0. The maximum absolute atomic E-state index is 4.03. The summed E-state index contributed by atoms with van der Waals surface area (Å²) in [5, 5.41) is 0. The minimum atomic E-state index is 0.529. The van der Waals surface area contributed by atoms with E-state index in [2.05, 4.69) is 45.2 Å². The maximum atomic E-state index is 4.03. The third-order valence-electron chi connectivity index (χ3n) is 2.40. The molecule has 1 rings (SSSR count). The Morgan fingerprint density at radius 3 is 2.43 bits per heavy atom. The molecule has 0 atom stereocenters. The second-order valence-electron chi connectivity index (χ2n) is 3.95. The van der Waals surface area contributed by atoms with Crippen molar-refractivity contribution in [3.63, 3.8) is 0 Å². The zero-order valence-electron chi connectivity index (χ0n) is 9.30. The molecule has 0 fully saturated rings. The molecule has 1 aromatic carbocycles. The van der Waals surface area contributed by atoms with Gasteiger partial charge in [0, 0.05) is 0 Å². The average Bonchev–Trinajstić information content (AvgIpc) is 2.16. The summed E-state index contributed by atoms with van der Waals surface area (Å²) < 4.78 is 0. The van der Waals surface area contributed by atoms with Gasteiger partial charge in [-0.05, 0) is 29.5 Å². The van der Waals surface area contributed by atoms with Crippen molar-refractivity contribution in [1.82, 2.24) is 0 Å². The minimum absolute atomic E-state index is 0.529. The van der Waals surface area contributed by atoms with Crippen molar-refractivity contribution in [2.24, 2.45) is 0 Å². The molecule has 0 heteroatoms. The Bertz CT molecular complexity index is 356. The zero-order chi connectivity index (χ0) is 10.7. The molecule has 0 spiro atoms. The van der Waals surface area contributed by atoms with Gasteiger partial charge in [0.1, 0.15) is 0 Å². The lowest BCUT2D eigenvalue weighted by Crippen LogP contribution is -1.96. The molecule has 0 saturated heterocycles. The van der Waals surface area contributed by atoms with E-state index in [0.717, 1.165) is 5.57 Å². The van der Waals surface area contributed by atoms with Crippen LogP contribution in [-0.2, 0) is 0 Å². The van der Waals surface area contributed by atoms with Gasteiger partial charge in [0.25, 0.3) is 0 Å². The lowest BCUT2D eigenvalue weighted by atomic mass is 9.90. The molecule has 1 aromatic rings. The van der Waals surface area contributed by atoms with Crippen LogP contribution in [0.4, 0.5) is 0 Å². The Kier molecular flexibility index (Phi) is 3.29. The van der Waals surface area contributed by atoms with Crippen LogP contribution in [0, 0.1) is 0 Å². The standard InChI is InChI=1S/C14H18/c1-6-12-8-7-9-13(10(2)3)14(12)11(4)5/h6-10H,1,4H2,2-3,5H3. The first-order valence-electron chi connectivity index (χ1n) is 4.99. The molecular formula is C14H18. The van der Waals surface area contributed by atoms with Gasteiger partial charge in [0.2, 0.25) is 0 Å². The first kappa shape index (κ1) is 10.8. The third kappa shape index (κ3) is 1.95. The van der Waals surface area contributed by atoms with E-state index in [-0.39, 0.29) is 0 Å². The first-order chi connectivity index (χ1) is 6.57. The van der Waals surface area contributed by atoms with Gasteiger partial charge in [0.15, 0.2) is 0 Å². The summed E-state index contributed by atoms with van der Waals surface area (Å²) in [5.41, 5.74) is 4.92. The van der Waals surface area contributed by atoms with Crippen LogP contribution in [0.15, 0.2) is 31.4 Å². The van der Waals surface area contributed by atoms with Crippen molar-refractivity contribution < 1.29 is 0 Å². The summed E-state index contributed by atoms with van der Waals surface area (Å²) in [6.45, 7) is 14.3. The van der Waals surface area contributed by atoms with E-state index < -0.39 is 0 Å². The molecule has 0 nitrogen and oxygen atoms in total. The van der Waals surface area contributed by atoms with Gasteiger partial charge in [-0.1, -0.05) is 56.9 Å². The van der Waals surface area contributed by atoms with E-state index in [9.17, 15) is 0 Å². The molecule has 74 valence electrons. The molecule has 14 heavy (non-hydrogen) atoms. The fourth-order valence-electron chi connectivity index (χ4n) is 1.73. The predicted octanol–water partition coefficient (Wildman–Crippen LogP) is 4.49. The van der Waals surface area contributed by atoms with Crippen molar-refractivity contribution in [2.75, 3.05) is 0 Å². The van der Waals surface area contributed by atoms with Gasteiger partial charge in [-0.3, -0.25) is 0 Å². The van der Waals surface area contributed by atoms with E-state index in [1.165, 1.54) is 16.7 Å². The highest BCUT2D eigenvalue weighted by molar-refractivity contribution is 5.74. The van der Waals surface area contributed by atoms with Crippen LogP contribution in [0.3, 0.4) is 0 Å². The van der Waals surface area contributed by atoms with E-state index in [0.29, 0.717) is 5.92 Å². The van der Waals surface area contributed by atoms with Crippen LogP contribution in [-0.4, -0.2) is 0 Å². The molecule has 0 aliphatic rings.